The second-order valence-electron chi connectivity index (χ2n) is 6.45. The van der Waals surface area contributed by atoms with Crippen molar-refractivity contribution >= 4 is 23.5 Å². The van der Waals surface area contributed by atoms with E-state index >= 15 is 0 Å². The van der Waals surface area contributed by atoms with E-state index in [0.717, 1.165) is 43.1 Å². The standard InChI is InChI=1S/C14H23N5O.C2HF3O2/c1-9-16-12(8-13(17-9)19(2)3)18-11-6-4-10(5-7-11)14(15)20;3-2(4,5)1(6)7/h8,10-11H,4-7H2,1-3H3,(H2,15,20)(H,16,17,18);(H,6,7)/t10-,11+;. The fourth-order valence-electron chi connectivity index (χ4n) is 2.59. The molecule has 0 radical (unpaired) electrons. The number of alkyl halides is 3. The first-order chi connectivity index (χ1) is 12.4. The Kier molecular flexibility index (Phi) is 7.80. The van der Waals surface area contributed by atoms with E-state index in [0.29, 0.717) is 6.04 Å². The summed E-state index contributed by atoms with van der Waals surface area (Å²) in [5, 5.41) is 10.6. The Hall–Kier alpha value is -2.59. The van der Waals surface area contributed by atoms with Crippen LogP contribution in [0.2, 0.25) is 0 Å². The maximum absolute atomic E-state index is 11.2. The number of rotatable bonds is 4. The molecule has 0 unspecified atom stereocenters. The first-order valence-electron chi connectivity index (χ1n) is 8.29. The molecule has 4 N–H and O–H groups in total. The van der Waals surface area contributed by atoms with Gasteiger partial charge in [0, 0.05) is 32.1 Å². The number of amides is 1. The summed E-state index contributed by atoms with van der Waals surface area (Å²) in [5.41, 5.74) is 5.35. The Bertz CT molecular complexity index is 659. The molecule has 152 valence electrons. The second kappa shape index (κ2) is 9.38. The van der Waals surface area contributed by atoms with Crippen LogP contribution < -0.4 is 16.0 Å². The van der Waals surface area contributed by atoms with Crippen molar-refractivity contribution < 1.29 is 27.9 Å². The van der Waals surface area contributed by atoms with E-state index in [9.17, 15) is 18.0 Å². The molecule has 11 heteroatoms. The molecule has 0 bridgehead atoms. The SMILES string of the molecule is Cc1nc(N[C@H]2CC[C@@H](C(N)=O)CC2)cc(N(C)C)n1.O=C(O)C(F)(F)F. The van der Waals surface area contributed by atoms with Crippen molar-refractivity contribution in [2.45, 2.75) is 44.8 Å². The molecule has 0 aromatic carbocycles. The molecule has 8 nitrogen and oxygen atoms in total. The highest BCUT2D eigenvalue weighted by Crippen LogP contribution is 2.26. The molecule has 0 saturated heterocycles. The van der Waals surface area contributed by atoms with Crippen LogP contribution in [-0.4, -0.2) is 53.3 Å². The van der Waals surface area contributed by atoms with E-state index in [-0.39, 0.29) is 11.8 Å². The smallest absolute Gasteiger partial charge is 0.475 e. The molecule has 1 aliphatic rings. The van der Waals surface area contributed by atoms with E-state index in [1.54, 1.807) is 0 Å². The number of nitrogens with one attached hydrogen (secondary N) is 1. The van der Waals surface area contributed by atoms with Crippen molar-refractivity contribution in [1.29, 1.82) is 0 Å². The second-order valence-corrected chi connectivity index (χ2v) is 6.45. The van der Waals surface area contributed by atoms with Gasteiger partial charge in [0.2, 0.25) is 5.91 Å². The Labute approximate surface area is 155 Å². The zero-order valence-corrected chi connectivity index (χ0v) is 15.4. The van der Waals surface area contributed by atoms with Gasteiger partial charge in [0.15, 0.2) is 0 Å². The van der Waals surface area contributed by atoms with Gasteiger partial charge in [-0.05, 0) is 32.6 Å². The number of halogens is 3. The lowest BCUT2D eigenvalue weighted by atomic mass is 9.85. The van der Waals surface area contributed by atoms with Gasteiger partial charge < -0.3 is 21.1 Å². The number of carboxylic acid groups (broad SMARTS) is 1. The number of aliphatic carboxylic acids is 1. The zero-order chi connectivity index (χ0) is 20.8. The van der Waals surface area contributed by atoms with Gasteiger partial charge in [-0.3, -0.25) is 4.79 Å². The van der Waals surface area contributed by atoms with Crippen LogP contribution in [0, 0.1) is 12.8 Å². The number of aromatic nitrogens is 2. The number of aryl methyl sites for hydroxylation is 1. The number of carbonyl (C=O) groups is 2. The highest BCUT2D eigenvalue weighted by Gasteiger charge is 2.38. The van der Waals surface area contributed by atoms with E-state index < -0.39 is 12.1 Å². The molecule has 27 heavy (non-hydrogen) atoms. The number of hydrogen-bond donors (Lipinski definition) is 3. The van der Waals surface area contributed by atoms with Gasteiger partial charge >= 0.3 is 12.1 Å². The van der Waals surface area contributed by atoms with Crippen molar-refractivity contribution in [3.8, 4) is 0 Å². The lowest BCUT2D eigenvalue weighted by molar-refractivity contribution is -0.192. The van der Waals surface area contributed by atoms with Crippen LogP contribution in [0.4, 0.5) is 24.8 Å². The first-order valence-corrected chi connectivity index (χ1v) is 8.29. The predicted molar refractivity (Wildman–Crippen MR) is 93.3 cm³/mol. The van der Waals surface area contributed by atoms with Crippen LogP contribution in [-0.2, 0) is 9.59 Å². The van der Waals surface area contributed by atoms with Crippen molar-refractivity contribution in [2.24, 2.45) is 11.7 Å². The third kappa shape index (κ3) is 7.67. The van der Waals surface area contributed by atoms with Gasteiger partial charge in [0.05, 0.1) is 0 Å². The summed E-state index contributed by atoms with van der Waals surface area (Å²) < 4.78 is 31.7. The van der Waals surface area contributed by atoms with Crippen molar-refractivity contribution in [2.75, 3.05) is 24.3 Å². The number of carbonyl (C=O) groups excluding carboxylic acids is 1. The molecule has 2 rings (SSSR count). The summed E-state index contributed by atoms with van der Waals surface area (Å²) in [5.74, 6) is -0.389. The van der Waals surface area contributed by atoms with Crippen LogP contribution in [0.3, 0.4) is 0 Å². The Morgan fingerprint density at radius 3 is 2.15 bits per heavy atom. The zero-order valence-electron chi connectivity index (χ0n) is 15.4. The summed E-state index contributed by atoms with van der Waals surface area (Å²) in [6, 6.07) is 2.31. The van der Waals surface area contributed by atoms with Gasteiger partial charge in [-0.25, -0.2) is 14.8 Å². The number of hydrogen-bond acceptors (Lipinski definition) is 6. The molecular formula is C16H24F3N5O3. The van der Waals surface area contributed by atoms with Gasteiger partial charge in [0.1, 0.15) is 17.5 Å². The maximum Gasteiger partial charge on any atom is 0.490 e. The molecule has 1 aromatic rings. The van der Waals surface area contributed by atoms with Crippen molar-refractivity contribution in [3.05, 3.63) is 11.9 Å². The summed E-state index contributed by atoms with van der Waals surface area (Å²) in [6.45, 7) is 1.89. The maximum atomic E-state index is 11.2. The Morgan fingerprint density at radius 2 is 1.74 bits per heavy atom. The number of primary amides is 1. The predicted octanol–water partition coefficient (Wildman–Crippen LogP) is 1.94. The summed E-state index contributed by atoms with van der Waals surface area (Å²) in [6.07, 6.45) is -1.46. The molecule has 1 amide bonds. The molecule has 1 saturated carbocycles. The van der Waals surface area contributed by atoms with E-state index in [1.165, 1.54) is 0 Å². The molecule has 0 spiro atoms. The normalized spacial score (nSPS) is 19.5. The van der Waals surface area contributed by atoms with Crippen LogP contribution in [0.15, 0.2) is 6.07 Å². The van der Waals surface area contributed by atoms with Gasteiger partial charge in [0.25, 0.3) is 0 Å². The summed E-state index contributed by atoms with van der Waals surface area (Å²) >= 11 is 0. The third-order valence-corrected chi connectivity index (χ3v) is 4.01. The minimum absolute atomic E-state index is 0.0394. The van der Waals surface area contributed by atoms with Crippen LogP contribution in [0.25, 0.3) is 0 Å². The van der Waals surface area contributed by atoms with Crippen LogP contribution in [0.5, 0.6) is 0 Å². The third-order valence-electron chi connectivity index (χ3n) is 4.01. The highest BCUT2D eigenvalue weighted by molar-refractivity contribution is 5.76. The summed E-state index contributed by atoms with van der Waals surface area (Å²) in [7, 11) is 3.92. The van der Waals surface area contributed by atoms with Crippen molar-refractivity contribution in [1.82, 2.24) is 9.97 Å². The highest BCUT2D eigenvalue weighted by atomic mass is 19.4. The van der Waals surface area contributed by atoms with Crippen LogP contribution in [0.1, 0.15) is 31.5 Å². The number of anilines is 2. The number of carboxylic acids is 1. The minimum atomic E-state index is -5.08. The topological polar surface area (TPSA) is 121 Å². The largest absolute Gasteiger partial charge is 0.490 e. The Balaban J connectivity index is 0.000000445. The van der Waals surface area contributed by atoms with Crippen LogP contribution >= 0.6 is 0 Å². The Morgan fingerprint density at radius 1 is 1.22 bits per heavy atom. The molecule has 0 aliphatic heterocycles. The van der Waals surface area contributed by atoms with Gasteiger partial charge in [-0.2, -0.15) is 13.2 Å². The van der Waals surface area contributed by atoms with Crippen molar-refractivity contribution in [3.63, 3.8) is 0 Å². The number of nitrogens with two attached hydrogens (primary N) is 1. The molecule has 1 aromatic heterocycles. The van der Waals surface area contributed by atoms with E-state index in [4.69, 9.17) is 15.6 Å². The first kappa shape index (κ1) is 22.5. The monoisotopic (exact) mass is 391 g/mol. The minimum Gasteiger partial charge on any atom is -0.475 e. The fourth-order valence-corrected chi connectivity index (χ4v) is 2.59. The van der Waals surface area contributed by atoms with Gasteiger partial charge in [-0.1, -0.05) is 0 Å². The fraction of sp³-hybridized carbons (Fsp3) is 0.625. The molecule has 1 aliphatic carbocycles. The molecule has 1 heterocycles. The van der Waals surface area contributed by atoms with E-state index in [1.807, 2.05) is 32.0 Å². The molecule has 1 fully saturated rings. The molecular weight excluding hydrogens is 367 g/mol. The summed E-state index contributed by atoms with van der Waals surface area (Å²) in [4.78, 5) is 30.8. The average Bonchev–Trinajstić information content (AvgIpc) is 2.54. The lowest BCUT2D eigenvalue weighted by Gasteiger charge is -2.28. The quantitative estimate of drug-likeness (QED) is 0.717. The lowest BCUT2D eigenvalue weighted by Crippen LogP contribution is -2.32. The number of nitrogens with zero attached hydrogens (tertiary/aromatic N) is 3. The van der Waals surface area contributed by atoms with E-state index in [2.05, 4.69) is 15.3 Å². The molecule has 0 atom stereocenters. The average molecular weight is 391 g/mol. The van der Waals surface area contributed by atoms with Gasteiger partial charge in [-0.15, -0.1) is 0 Å².